The molecule has 0 fully saturated rings. The molecule has 0 amide bonds. The van der Waals surface area contributed by atoms with Gasteiger partial charge in [0.25, 0.3) is 0 Å². The Bertz CT molecular complexity index is 304. The molecule has 0 atom stereocenters. The topological polar surface area (TPSA) is 67.3 Å². The van der Waals surface area contributed by atoms with Crippen LogP contribution in [0.15, 0.2) is 18.3 Å². The summed E-state index contributed by atoms with van der Waals surface area (Å²) in [5, 5.41) is 8.52. The quantitative estimate of drug-likeness (QED) is 0.663. The maximum absolute atomic E-state index is 10.8. The third-order valence-corrected chi connectivity index (χ3v) is 1.39. The van der Waals surface area contributed by atoms with Crippen molar-refractivity contribution in [1.29, 1.82) is 0 Å². The molecule has 1 rings (SSSR count). The second-order valence-electron chi connectivity index (χ2n) is 2.29. The average molecular weight is 165 g/mol. The predicted molar refractivity (Wildman–Crippen MR) is 41.2 cm³/mol. The van der Waals surface area contributed by atoms with Crippen molar-refractivity contribution < 1.29 is 14.7 Å². The summed E-state index contributed by atoms with van der Waals surface area (Å²) in [4.78, 5) is 24.8. The zero-order valence-electron chi connectivity index (χ0n) is 6.44. The smallest absolute Gasteiger partial charge is 0.354 e. The third kappa shape index (κ3) is 1.66. The third-order valence-electron chi connectivity index (χ3n) is 1.39. The fraction of sp³-hybridized carbons (Fsp3) is 0.125. The number of rotatable bonds is 2. The summed E-state index contributed by atoms with van der Waals surface area (Å²) in [6.45, 7) is 1.38. The van der Waals surface area contributed by atoms with Crippen LogP contribution in [0, 0.1) is 0 Å². The van der Waals surface area contributed by atoms with E-state index in [4.69, 9.17) is 5.11 Å². The minimum Gasteiger partial charge on any atom is -0.477 e. The van der Waals surface area contributed by atoms with Crippen LogP contribution < -0.4 is 0 Å². The molecule has 0 spiro atoms. The number of carboxylic acids is 1. The summed E-state index contributed by atoms with van der Waals surface area (Å²) in [5.74, 6) is -1.29. The van der Waals surface area contributed by atoms with E-state index in [1.165, 1.54) is 25.3 Å². The van der Waals surface area contributed by atoms with Gasteiger partial charge in [-0.15, -0.1) is 0 Å². The molecule has 0 aliphatic rings. The van der Waals surface area contributed by atoms with Crippen molar-refractivity contribution >= 4 is 11.8 Å². The lowest BCUT2D eigenvalue weighted by Gasteiger charge is -1.95. The zero-order valence-corrected chi connectivity index (χ0v) is 6.44. The molecule has 4 heteroatoms. The summed E-state index contributed by atoms with van der Waals surface area (Å²) in [6.07, 6.45) is 1.31. The number of ketones is 1. The van der Waals surface area contributed by atoms with E-state index in [1.807, 2.05) is 0 Å². The maximum Gasteiger partial charge on any atom is 0.354 e. The van der Waals surface area contributed by atoms with Crippen LogP contribution in [-0.2, 0) is 0 Å². The average Bonchev–Trinajstić information content (AvgIpc) is 2.04. The molecule has 0 aliphatic heterocycles. The van der Waals surface area contributed by atoms with Crippen LogP contribution >= 0.6 is 0 Å². The Morgan fingerprint density at radius 2 is 2.17 bits per heavy atom. The first kappa shape index (κ1) is 8.39. The number of hydrogen-bond donors (Lipinski definition) is 1. The van der Waals surface area contributed by atoms with Gasteiger partial charge in [0.2, 0.25) is 0 Å². The lowest BCUT2D eigenvalue weighted by molar-refractivity contribution is 0.0690. The summed E-state index contributed by atoms with van der Waals surface area (Å²) in [7, 11) is 0. The van der Waals surface area contributed by atoms with Gasteiger partial charge >= 0.3 is 5.97 Å². The molecule has 12 heavy (non-hydrogen) atoms. The number of carboxylic acid groups (broad SMARTS) is 1. The van der Waals surface area contributed by atoms with Crippen molar-refractivity contribution in [1.82, 2.24) is 4.98 Å². The minimum absolute atomic E-state index is 0.109. The van der Waals surface area contributed by atoms with E-state index in [9.17, 15) is 9.59 Å². The van der Waals surface area contributed by atoms with Crippen LogP contribution in [0.25, 0.3) is 0 Å². The standard InChI is InChI=1S/C8H7NO3/c1-5(10)6-2-3-9-7(4-6)8(11)12/h2-4H,1H3,(H,11,12). The van der Waals surface area contributed by atoms with Crippen LogP contribution in [0.3, 0.4) is 0 Å². The van der Waals surface area contributed by atoms with Gasteiger partial charge in [-0.05, 0) is 19.1 Å². The lowest BCUT2D eigenvalue weighted by atomic mass is 10.2. The molecule has 0 saturated heterocycles. The van der Waals surface area contributed by atoms with E-state index >= 15 is 0 Å². The summed E-state index contributed by atoms with van der Waals surface area (Å²) >= 11 is 0. The highest BCUT2D eigenvalue weighted by molar-refractivity contribution is 5.96. The van der Waals surface area contributed by atoms with Crippen molar-refractivity contribution in [2.45, 2.75) is 6.92 Å². The van der Waals surface area contributed by atoms with Crippen LogP contribution in [0.2, 0.25) is 0 Å². The molecule has 4 nitrogen and oxygen atoms in total. The first-order valence-electron chi connectivity index (χ1n) is 3.31. The molecule has 0 radical (unpaired) electrons. The van der Waals surface area contributed by atoms with Gasteiger partial charge in [0.1, 0.15) is 5.69 Å². The largest absolute Gasteiger partial charge is 0.477 e. The van der Waals surface area contributed by atoms with E-state index in [0.29, 0.717) is 5.56 Å². The first-order valence-corrected chi connectivity index (χ1v) is 3.31. The molecule has 1 aromatic rings. The van der Waals surface area contributed by atoms with Crippen LogP contribution in [0.1, 0.15) is 27.8 Å². The van der Waals surface area contributed by atoms with E-state index in [-0.39, 0.29) is 11.5 Å². The van der Waals surface area contributed by atoms with Gasteiger partial charge in [-0.25, -0.2) is 9.78 Å². The summed E-state index contributed by atoms with van der Waals surface area (Å²) in [5.41, 5.74) is 0.255. The number of Topliss-reactive ketones (excluding diaryl/α,β-unsaturated/α-hetero) is 1. The Balaban J connectivity index is 3.12. The maximum atomic E-state index is 10.8. The lowest BCUT2D eigenvalue weighted by Crippen LogP contribution is -2.02. The van der Waals surface area contributed by atoms with Crippen LogP contribution in [-0.4, -0.2) is 21.8 Å². The van der Waals surface area contributed by atoms with Gasteiger partial charge in [-0.1, -0.05) is 0 Å². The van der Waals surface area contributed by atoms with Gasteiger partial charge in [-0.2, -0.15) is 0 Å². The van der Waals surface area contributed by atoms with Crippen LogP contribution in [0.4, 0.5) is 0 Å². The van der Waals surface area contributed by atoms with E-state index in [2.05, 4.69) is 4.98 Å². The second-order valence-corrected chi connectivity index (χ2v) is 2.29. The molecule has 0 aliphatic carbocycles. The molecule has 1 aromatic heterocycles. The van der Waals surface area contributed by atoms with Gasteiger partial charge in [0.05, 0.1) is 0 Å². The van der Waals surface area contributed by atoms with E-state index in [1.54, 1.807) is 0 Å². The molecule has 62 valence electrons. The number of nitrogens with zero attached hydrogens (tertiary/aromatic N) is 1. The van der Waals surface area contributed by atoms with Crippen molar-refractivity contribution in [2.75, 3.05) is 0 Å². The monoisotopic (exact) mass is 165 g/mol. The van der Waals surface area contributed by atoms with Gasteiger partial charge in [-0.3, -0.25) is 4.79 Å². The first-order chi connectivity index (χ1) is 5.61. The molecule has 0 bridgehead atoms. The summed E-state index contributed by atoms with van der Waals surface area (Å²) < 4.78 is 0. The fourth-order valence-electron chi connectivity index (χ4n) is 0.766. The highest BCUT2D eigenvalue weighted by atomic mass is 16.4. The zero-order chi connectivity index (χ0) is 9.14. The van der Waals surface area contributed by atoms with E-state index < -0.39 is 5.97 Å². The summed E-state index contributed by atoms with van der Waals surface area (Å²) in [6, 6.07) is 2.74. The molecule has 1 N–H and O–H groups in total. The van der Waals surface area contributed by atoms with Crippen molar-refractivity contribution in [3.05, 3.63) is 29.6 Å². The van der Waals surface area contributed by atoms with Crippen molar-refractivity contribution in [3.63, 3.8) is 0 Å². The molecular formula is C8H7NO3. The highest BCUT2D eigenvalue weighted by Crippen LogP contribution is 2.02. The van der Waals surface area contributed by atoms with Gasteiger partial charge < -0.3 is 5.11 Å². The normalized spacial score (nSPS) is 9.42. The highest BCUT2D eigenvalue weighted by Gasteiger charge is 2.06. The fourth-order valence-corrected chi connectivity index (χ4v) is 0.766. The Labute approximate surface area is 68.9 Å². The number of pyridine rings is 1. The Morgan fingerprint density at radius 3 is 2.67 bits per heavy atom. The number of hydrogen-bond acceptors (Lipinski definition) is 3. The van der Waals surface area contributed by atoms with Crippen molar-refractivity contribution in [3.8, 4) is 0 Å². The Hall–Kier alpha value is -1.71. The van der Waals surface area contributed by atoms with Crippen molar-refractivity contribution in [2.24, 2.45) is 0 Å². The molecular weight excluding hydrogens is 158 g/mol. The SMILES string of the molecule is CC(=O)c1ccnc(C(=O)O)c1. The number of aromatic carboxylic acids is 1. The Morgan fingerprint density at radius 1 is 1.50 bits per heavy atom. The molecule has 1 heterocycles. The van der Waals surface area contributed by atoms with Gasteiger partial charge in [0.15, 0.2) is 5.78 Å². The molecule has 0 aromatic carbocycles. The molecule has 0 unspecified atom stereocenters. The van der Waals surface area contributed by atoms with Crippen LogP contribution in [0.5, 0.6) is 0 Å². The Kier molecular flexibility index (Phi) is 2.19. The predicted octanol–water partition coefficient (Wildman–Crippen LogP) is 0.982. The number of carbonyl (C=O) groups excluding carboxylic acids is 1. The minimum atomic E-state index is -1.13. The van der Waals surface area contributed by atoms with E-state index in [0.717, 1.165) is 0 Å². The number of aromatic nitrogens is 1. The number of carbonyl (C=O) groups is 2. The second kappa shape index (κ2) is 3.13. The van der Waals surface area contributed by atoms with Gasteiger partial charge in [0, 0.05) is 11.8 Å². The molecule has 0 saturated carbocycles.